The van der Waals surface area contributed by atoms with E-state index in [4.69, 9.17) is 5.11 Å². The zero-order valence-electron chi connectivity index (χ0n) is 8.47. The number of aliphatic hydroxyl groups excluding tert-OH is 1. The molecule has 0 spiro atoms. The van der Waals surface area contributed by atoms with Gasteiger partial charge in [-0.1, -0.05) is 20.3 Å². The van der Waals surface area contributed by atoms with Gasteiger partial charge in [0.05, 0.1) is 6.26 Å². The molecular weight excluding hydrogens is 164 g/mol. The van der Waals surface area contributed by atoms with E-state index in [0.717, 1.165) is 38.4 Å². The molecule has 0 saturated heterocycles. The van der Waals surface area contributed by atoms with Gasteiger partial charge in [0, 0.05) is 11.0 Å². The summed E-state index contributed by atoms with van der Waals surface area (Å²) in [5.74, 6) is 0.156. The van der Waals surface area contributed by atoms with Crippen molar-refractivity contribution in [2.45, 2.75) is 46.0 Å². The average molecular weight is 182 g/mol. The molecule has 0 aromatic rings. The highest BCUT2D eigenvalue weighted by Gasteiger charge is 2.36. The fourth-order valence-corrected chi connectivity index (χ4v) is 2.20. The van der Waals surface area contributed by atoms with Gasteiger partial charge in [-0.15, -0.1) is 0 Å². The van der Waals surface area contributed by atoms with E-state index in [1.54, 1.807) is 0 Å². The topological polar surface area (TPSA) is 37.3 Å². The molecule has 0 amide bonds. The highest BCUT2D eigenvalue weighted by atomic mass is 16.2. The molecule has 1 fully saturated rings. The van der Waals surface area contributed by atoms with E-state index in [-0.39, 0.29) is 11.2 Å². The number of aliphatic hydroxyl groups is 1. The van der Waals surface area contributed by atoms with Crippen LogP contribution in [0.2, 0.25) is 0 Å². The summed E-state index contributed by atoms with van der Waals surface area (Å²) < 4.78 is 0. The maximum atomic E-state index is 11.8. The SMILES string of the molecule is CCCC1(C)CCCC(=CO)C1=O. The lowest BCUT2D eigenvalue weighted by Gasteiger charge is -2.32. The van der Waals surface area contributed by atoms with Gasteiger partial charge in [0.2, 0.25) is 0 Å². The van der Waals surface area contributed by atoms with Crippen LogP contribution in [0.3, 0.4) is 0 Å². The van der Waals surface area contributed by atoms with Crippen molar-refractivity contribution >= 4 is 5.78 Å². The Morgan fingerprint density at radius 1 is 1.62 bits per heavy atom. The minimum Gasteiger partial charge on any atom is -0.515 e. The largest absolute Gasteiger partial charge is 0.515 e. The molecule has 1 unspecified atom stereocenters. The van der Waals surface area contributed by atoms with Gasteiger partial charge in [-0.05, 0) is 25.7 Å². The second-order valence-corrected chi connectivity index (χ2v) is 4.15. The lowest BCUT2D eigenvalue weighted by molar-refractivity contribution is -0.126. The number of carbonyl (C=O) groups is 1. The molecule has 0 radical (unpaired) electrons. The summed E-state index contributed by atoms with van der Waals surface area (Å²) >= 11 is 0. The lowest BCUT2D eigenvalue weighted by Crippen LogP contribution is -2.32. The van der Waals surface area contributed by atoms with Crippen molar-refractivity contribution < 1.29 is 9.90 Å². The van der Waals surface area contributed by atoms with Gasteiger partial charge >= 0.3 is 0 Å². The molecule has 0 aliphatic heterocycles. The maximum Gasteiger partial charge on any atom is 0.167 e. The summed E-state index contributed by atoms with van der Waals surface area (Å²) in [6, 6.07) is 0. The van der Waals surface area contributed by atoms with E-state index in [2.05, 4.69) is 6.92 Å². The Kier molecular flexibility index (Phi) is 3.12. The minimum absolute atomic E-state index is 0.156. The first-order chi connectivity index (χ1) is 6.14. The number of ketones is 1. The minimum atomic E-state index is -0.207. The average Bonchev–Trinajstić information content (AvgIpc) is 2.11. The Hall–Kier alpha value is -0.790. The number of hydrogen-bond donors (Lipinski definition) is 1. The molecule has 2 heteroatoms. The molecule has 0 aromatic heterocycles. The number of Topliss-reactive ketones (excluding diaryl/α,β-unsaturated/α-hetero) is 1. The van der Waals surface area contributed by atoms with Crippen LogP contribution in [0.1, 0.15) is 46.0 Å². The van der Waals surface area contributed by atoms with Crippen LogP contribution < -0.4 is 0 Å². The first kappa shape index (κ1) is 10.3. The maximum absolute atomic E-state index is 11.8. The van der Waals surface area contributed by atoms with Crippen molar-refractivity contribution in [1.82, 2.24) is 0 Å². The number of carbonyl (C=O) groups excluding carboxylic acids is 1. The highest BCUT2D eigenvalue weighted by Crippen LogP contribution is 2.38. The van der Waals surface area contributed by atoms with E-state index in [9.17, 15) is 4.79 Å². The van der Waals surface area contributed by atoms with Crippen LogP contribution in [0.5, 0.6) is 0 Å². The van der Waals surface area contributed by atoms with Gasteiger partial charge in [0.15, 0.2) is 5.78 Å². The molecule has 1 rings (SSSR count). The van der Waals surface area contributed by atoms with Crippen LogP contribution in [0.4, 0.5) is 0 Å². The van der Waals surface area contributed by atoms with Crippen LogP contribution in [-0.2, 0) is 4.79 Å². The Labute approximate surface area is 79.6 Å². The molecule has 1 atom stereocenters. The first-order valence-corrected chi connectivity index (χ1v) is 5.02. The van der Waals surface area contributed by atoms with E-state index >= 15 is 0 Å². The molecule has 1 N–H and O–H groups in total. The van der Waals surface area contributed by atoms with Crippen LogP contribution >= 0.6 is 0 Å². The van der Waals surface area contributed by atoms with Crippen LogP contribution in [0, 0.1) is 5.41 Å². The zero-order valence-corrected chi connectivity index (χ0v) is 8.47. The smallest absolute Gasteiger partial charge is 0.167 e. The van der Waals surface area contributed by atoms with Crippen molar-refractivity contribution in [3.63, 3.8) is 0 Å². The molecule has 0 bridgehead atoms. The molecule has 13 heavy (non-hydrogen) atoms. The number of hydrogen-bond acceptors (Lipinski definition) is 2. The molecule has 2 nitrogen and oxygen atoms in total. The highest BCUT2D eigenvalue weighted by molar-refractivity contribution is 6.00. The summed E-state index contributed by atoms with van der Waals surface area (Å²) in [5.41, 5.74) is 0.406. The molecule has 1 aliphatic carbocycles. The van der Waals surface area contributed by atoms with E-state index in [1.807, 2.05) is 6.92 Å². The predicted molar refractivity (Wildman–Crippen MR) is 52.6 cm³/mol. The zero-order chi connectivity index (χ0) is 9.90. The molecule has 0 aromatic carbocycles. The summed E-state index contributed by atoms with van der Waals surface area (Å²) in [7, 11) is 0. The van der Waals surface area contributed by atoms with Gasteiger partial charge in [-0.25, -0.2) is 0 Å². The number of allylic oxidation sites excluding steroid dienone is 1. The molecule has 74 valence electrons. The van der Waals surface area contributed by atoms with Gasteiger partial charge < -0.3 is 5.11 Å². The van der Waals surface area contributed by atoms with Crippen LogP contribution in [-0.4, -0.2) is 10.9 Å². The Balaban J connectivity index is 2.81. The summed E-state index contributed by atoms with van der Waals surface area (Å²) in [4.78, 5) is 11.8. The van der Waals surface area contributed by atoms with Gasteiger partial charge in [-0.3, -0.25) is 4.79 Å². The quantitative estimate of drug-likeness (QED) is 0.526. The van der Waals surface area contributed by atoms with Crippen molar-refractivity contribution in [2.24, 2.45) is 5.41 Å². The first-order valence-electron chi connectivity index (χ1n) is 5.02. The second-order valence-electron chi connectivity index (χ2n) is 4.15. The summed E-state index contributed by atoms with van der Waals surface area (Å²) in [5, 5.41) is 8.88. The van der Waals surface area contributed by atoms with Crippen molar-refractivity contribution in [2.75, 3.05) is 0 Å². The fourth-order valence-electron chi connectivity index (χ4n) is 2.20. The fraction of sp³-hybridized carbons (Fsp3) is 0.727. The van der Waals surface area contributed by atoms with E-state index in [1.165, 1.54) is 0 Å². The van der Waals surface area contributed by atoms with E-state index in [0.29, 0.717) is 5.57 Å². The predicted octanol–water partition coefficient (Wildman–Crippen LogP) is 2.99. The third-order valence-electron chi connectivity index (χ3n) is 2.97. The Morgan fingerprint density at radius 2 is 2.31 bits per heavy atom. The normalized spacial score (nSPS) is 32.5. The summed E-state index contributed by atoms with van der Waals surface area (Å²) in [6.07, 6.45) is 5.69. The second kappa shape index (κ2) is 3.95. The van der Waals surface area contributed by atoms with Crippen molar-refractivity contribution in [3.05, 3.63) is 11.8 Å². The van der Waals surface area contributed by atoms with Crippen LogP contribution in [0.15, 0.2) is 11.8 Å². The molecule has 1 aliphatic rings. The van der Waals surface area contributed by atoms with Gasteiger partial charge in [0.1, 0.15) is 0 Å². The van der Waals surface area contributed by atoms with E-state index < -0.39 is 0 Å². The summed E-state index contributed by atoms with van der Waals surface area (Å²) in [6.45, 7) is 4.11. The van der Waals surface area contributed by atoms with Crippen molar-refractivity contribution in [1.29, 1.82) is 0 Å². The Morgan fingerprint density at radius 3 is 2.85 bits per heavy atom. The van der Waals surface area contributed by atoms with Crippen LogP contribution in [0.25, 0.3) is 0 Å². The molecule has 1 saturated carbocycles. The third kappa shape index (κ3) is 1.93. The van der Waals surface area contributed by atoms with Gasteiger partial charge in [-0.2, -0.15) is 0 Å². The Bertz CT molecular complexity index is 226. The molecule has 0 heterocycles. The van der Waals surface area contributed by atoms with Crippen molar-refractivity contribution in [3.8, 4) is 0 Å². The lowest BCUT2D eigenvalue weighted by atomic mass is 9.70. The standard InChI is InChI=1S/C11H18O2/c1-3-6-11(2)7-4-5-9(8-12)10(11)13/h8,12H,3-7H2,1-2H3. The third-order valence-corrected chi connectivity index (χ3v) is 2.97. The number of rotatable bonds is 2. The van der Waals surface area contributed by atoms with Gasteiger partial charge in [0.25, 0.3) is 0 Å². The monoisotopic (exact) mass is 182 g/mol. The molecular formula is C11H18O2.